The van der Waals surface area contributed by atoms with Crippen molar-refractivity contribution >= 4 is 11.5 Å². The smallest absolute Gasteiger partial charge is 0.185 e. The van der Waals surface area contributed by atoms with Crippen LogP contribution in [0.5, 0.6) is 0 Å². The van der Waals surface area contributed by atoms with Gasteiger partial charge >= 0.3 is 0 Å². The quantitative estimate of drug-likeness (QED) is 0.473. The lowest BCUT2D eigenvalue weighted by Gasteiger charge is -2.31. The summed E-state index contributed by atoms with van der Waals surface area (Å²) in [6.07, 6.45) is 0.0386. The first-order valence-corrected chi connectivity index (χ1v) is 10.2. The van der Waals surface area contributed by atoms with Crippen molar-refractivity contribution in [3.05, 3.63) is 89.1 Å². The summed E-state index contributed by atoms with van der Waals surface area (Å²) in [7, 11) is 0. The molecular formula is C24H19F3N2O5. The average molecular weight is 472 g/mol. The van der Waals surface area contributed by atoms with Crippen molar-refractivity contribution in [3.8, 4) is 11.3 Å². The molecule has 0 saturated heterocycles. The summed E-state index contributed by atoms with van der Waals surface area (Å²) < 4.78 is 48.2. The van der Waals surface area contributed by atoms with E-state index in [1.54, 1.807) is 0 Å². The van der Waals surface area contributed by atoms with Crippen LogP contribution in [0.3, 0.4) is 0 Å². The number of carbonyl (C=O) groups excluding carboxylic acids is 1. The lowest BCUT2D eigenvalue weighted by molar-refractivity contribution is -0.0723. The van der Waals surface area contributed by atoms with Crippen LogP contribution in [0.2, 0.25) is 0 Å². The number of aromatic nitrogens is 2. The summed E-state index contributed by atoms with van der Waals surface area (Å²) in [5, 5.41) is 29.4. The second-order valence-electron chi connectivity index (χ2n) is 7.61. The largest absolute Gasteiger partial charge is 0.485 e. The number of pyridine rings is 2. The van der Waals surface area contributed by atoms with E-state index in [1.807, 2.05) is 0 Å². The highest BCUT2D eigenvalue weighted by Crippen LogP contribution is 2.30. The Morgan fingerprint density at radius 3 is 2.47 bits per heavy atom. The summed E-state index contributed by atoms with van der Waals surface area (Å²) in [5.41, 5.74) is -0.816. The van der Waals surface area contributed by atoms with Crippen molar-refractivity contribution in [2.24, 2.45) is 0 Å². The molecule has 2 aromatic heterocycles. The molecule has 1 aliphatic heterocycles. The Morgan fingerprint density at radius 2 is 1.76 bits per heavy atom. The molecule has 176 valence electrons. The summed E-state index contributed by atoms with van der Waals surface area (Å²) in [4.78, 5) is 20.8. The molecule has 3 aromatic rings. The molecule has 4 rings (SSSR count). The van der Waals surface area contributed by atoms with Crippen LogP contribution in [0.15, 0.2) is 54.9 Å². The third kappa shape index (κ3) is 4.56. The lowest BCUT2D eigenvalue weighted by Crippen LogP contribution is -2.43. The zero-order valence-corrected chi connectivity index (χ0v) is 17.5. The number of hydrogen-bond acceptors (Lipinski definition) is 7. The van der Waals surface area contributed by atoms with Gasteiger partial charge in [-0.2, -0.15) is 0 Å². The van der Waals surface area contributed by atoms with Gasteiger partial charge in [0.2, 0.25) is 0 Å². The molecule has 0 aliphatic carbocycles. The maximum atomic E-state index is 14.3. The molecule has 0 amide bonds. The van der Waals surface area contributed by atoms with Gasteiger partial charge in [-0.3, -0.25) is 9.78 Å². The first-order valence-electron chi connectivity index (χ1n) is 10.2. The molecule has 3 heterocycles. The molecule has 1 aromatic carbocycles. The van der Waals surface area contributed by atoms with Crippen LogP contribution in [0.1, 0.15) is 21.6 Å². The van der Waals surface area contributed by atoms with Crippen molar-refractivity contribution in [2.75, 3.05) is 6.61 Å². The third-order valence-electron chi connectivity index (χ3n) is 5.36. The van der Waals surface area contributed by atoms with Crippen LogP contribution in [-0.4, -0.2) is 56.0 Å². The van der Waals surface area contributed by atoms with Gasteiger partial charge < -0.3 is 20.1 Å². The minimum absolute atomic E-state index is 0.128. The number of nitrogens with zero attached hydrogens (tertiary/aromatic N) is 2. The van der Waals surface area contributed by atoms with Gasteiger partial charge in [0.25, 0.3) is 0 Å². The number of ketones is 1. The molecule has 10 heteroatoms. The van der Waals surface area contributed by atoms with Gasteiger partial charge in [-0.1, -0.05) is 6.07 Å². The van der Waals surface area contributed by atoms with Gasteiger partial charge in [0.15, 0.2) is 11.9 Å². The first-order chi connectivity index (χ1) is 16.3. The van der Waals surface area contributed by atoms with Crippen molar-refractivity contribution in [2.45, 2.75) is 24.7 Å². The standard InChI is InChI=1S/C24H19F3N2O5/c25-14-2-1-3-15(26)22(14)23-16(27)4-5-17(29-23)18(31)8-12-10-28-7-6-13(12)20-9-19(32)24(33)21(11-30)34-20/h1-7,9-10,19,21,24,30,32-33H,8,11H2/t19-,21-,24+/m1/s1. The molecule has 0 fully saturated rings. The van der Waals surface area contributed by atoms with E-state index in [0.717, 1.165) is 30.3 Å². The number of benzene rings is 1. The molecule has 0 saturated carbocycles. The number of rotatable bonds is 6. The van der Waals surface area contributed by atoms with Crippen LogP contribution in [0.4, 0.5) is 13.2 Å². The minimum Gasteiger partial charge on any atom is -0.485 e. The van der Waals surface area contributed by atoms with Crippen LogP contribution in [-0.2, 0) is 11.2 Å². The van der Waals surface area contributed by atoms with Crippen LogP contribution in [0.25, 0.3) is 17.0 Å². The zero-order valence-electron chi connectivity index (χ0n) is 17.5. The van der Waals surface area contributed by atoms with Crippen molar-refractivity contribution in [3.63, 3.8) is 0 Å². The summed E-state index contributed by atoms with van der Waals surface area (Å²) in [5.74, 6) is -3.51. The Morgan fingerprint density at radius 1 is 1.03 bits per heavy atom. The number of ether oxygens (including phenoxy) is 1. The van der Waals surface area contributed by atoms with E-state index in [1.165, 1.54) is 24.5 Å². The van der Waals surface area contributed by atoms with E-state index >= 15 is 0 Å². The Hall–Kier alpha value is -3.60. The summed E-state index contributed by atoms with van der Waals surface area (Å²) >= 11 is 0. The van der Waals surface area contributed by atoms with E-state index in [0.29, 0.717) is 11.1 Å². The number of halogens is 3. The summed E-state index contributed by atoms with van der Waals surface area (Å²) in [6.45, 7) is -0.552. The van der Waals surface area contributed by atoms with E-state index in [-0.39, 0.29) is 17.9 Å². The van der Waals surface area contributed by atoms with Crippen LogP contribution in [0, 0.1) is 17.5 Å². The van der Waals surface area contributed by atoms with Crippen LogP contribution >= 0.6 is 0 Å². The van der Waals surface area contributed by atoms with E-state index in [4.69, 9.17) is 4.74 Å². The third-order valence-corrected chi connectivity index (χ3v) is 5.36. The van der Waals surface area contributed by atoms with Crippen molar-refractivity contribution < 1.29 is 38.0 Å². The van der Waals surface area contributed by atoms with E-state index in [9.17, 15) is 33.3 Å². The number of hydrogen-bond donors (Lipinski definition) is 3. The highest BCUT2D eigenvalue weighted by molar-refractivity contribution is 5.96. The molecule has 3 N–H and O–H groups in total. The zero-order chi connectivity index (χ0) is 24.4. The molecule has 34 heavy (non-hydrogen) atoms. The molecule has 3 atom stereocenters. The SMILES string of the molecule is O=C(Cc1cnccc1C1=C[C@@H](O)[C@H](O)[C@@H](CO)O1)c1ccc(F)c(-c2c(F)cccc2F)n1. The molecule has 0 spiro atoms. The van der Waals surface area contributed by atoms with Gasteiger partial charge in [0.1, 0.15) is 46.8 Å². The second kappa shape index (κ2) is 9.72. The predicted molar refractivity (Wildman–Crippen MR) is 114 cm³/mol. The fourth-order valence-corrected chi connectivity index (χ4v) is 3.61. The number of Topliss-reactive ketones (excluding diaryl/α,β-unsaturated/α-hetero) is 1. The molecule has 0 bridgehead atoms. The van der Waals surface area contributed by atoms with Gasteiger partial charge in [-0.15, -0.1) is 0 Å². The summed E-state index contributed by atoms with van der Waals surface area (Å²) in [6, 6.07) is 6.57. The van der Waals surface area contributed by atoms with E-state index in [2.05, 4.69) is 9.97 Å². The fourth-order valence-electron chi connectivity index (χ4n) is 3.61. The highest BCUT2D eigenvalue weighted by atomic mass is 19.1. The Kier molecular flexibility index (Phi) is 6.73. The Labute approximate surface area is 191 Å². The highest BCUT2D eigenvalue weighted by Gasteiger charge is 2.33. The normalized spacial score (nSPS) is 19.9. The molecule has 0 radical (unpaired) electrons. The lowest BCUT2D eigenvalue weighted by atomic mass is 9.97. The monoisotopic (exact) mass is 472 g/mol. The Bertz CT molecular complexity index is 1250. The van der Waals surface area contributed by atoms with Gasteiger partial charge in [-0.25, -0.2) is 18.2 Å². The van der Waals surface area contributed by atoms with Crippen molar-refractivity contribution in [1.29, 1.82) is 0 Å². The number of carbonyl (C=O) groups is 1. The maximum absolute atomic E-state index is 14.3. The van der Waals surface area contributed by atoms with Gasteiger partial charge in [0.05, 0.1) is 12.2 Å². The first kappa shape index (κ1) is 23.6. The average Bonchev–Trinajstić information content (AvgIpc) is 2.82. The Balaban J connectivity index is 1.66. The maximum Gasteiger partial charge on any atom is 0.185 e. The molecule has 7 nitrogen and oxygen atoms in total. The minimum atomic E-state index is -1.33. The number of aliphatic hydroxyl groups excluding tert-OH is 3. The topological polar surface area (TPSA) is 113 Å². The van der Waals surface area contributed by atoms with Gasteiger partial charge in [-0.05, 0) is 42.0 Å². The fraction of sp³-hybridized carbons (Fsp3) is 0.208. The van der Waals surface area contributed by atoms with Crippen molar-refractivity contribution in [1.82, 2.24) is 9.97 Å². The molecular weight excluding hydrogens is 453 g/mol. The number of aliphatic hydroxyl groups is 3. The second-order valence-corrected chi connectivity index (χ2v) is 7.61. The molecule has 0 unspecified atom stereocenters. The predicted octanol–water partition coefficient (Wildman–Crippen LogP) is 2.44. The van der Waals surface area contributed by atoms with E-state index < -0.39 is 59.4 Å². The van der Waals surface area contributed by atoms with Crippen LogP contribution < -0.4 is 0 Å². The molecule has 1 aliphatic rings. The van der Waals surface area contributed by atoms with Gasteiger partial charge in [0, 0.05) is 24.4 Å².